The van der Waals surface area contributed by atoms with Crippen LogP contribution in [0.15, 0.2) is 30.5 Å². The number of pyridine rings is 1. The number of benzene rings is 1. The van der Waals surface area contributed by atoms with E-state index in [1.54, 1.807) is 24.4 Å². The summed E-state index contributed by atoms with van der Waals surface area (Å²) in [7, 11) is 0. The summed E-state index contributed by atoms with van der Waals surface area (Å²) in [6, 6.07) is 6.85. The van der Waals surface area contributed by atoms with E-state index in [0.717, 1.165) is 5.39 Å². The summed E-state index contributed by atoms with van der Waals surface area (Å²) in [5.74, 6) is -0.213. The quantitative estimate of drug-likeness (QED) is 0.887. The predicted molar refractivity (Wildman–Crippen MR) is 88.1 cm³/mol. The Morgan fingerprint density at radius 2 is 2.24 bits per heavy atom. The van der Waals surface area contributed by atoms with Crippen LogP contribution in [0.4, 0.5) is 0 Å². The lowest BCUT2D eigenvalue weighted by Crippen LogP contribution is -2.41. The molecule has 21 heavy (non-hydrogen) atoms. The van der Waals surface area contributed by atoms with E-state index in [-0.39, 0.29) is 23.8 Å². The van der Waals surface area contributed by atoms with E-state index in [9.17, 15) is 9.90 Å². The molecule has 0 aliphatic carbocycles. The molecule has 2 aromatic rings. The number of nitrogens with zero attached hydrogens (tertiary/aromatic N) is 1. The number of carbonyl (C=O) groups excluding carboxylic acids is 1. The third kappa shape index (κ3) is 3.48. The van der Waals surface area contributed by atoms with Gasteiger partial charge in [-0.05, 0) is 37.4 Å². The van der Waals surface area contributed by atoms with E-state index in [0.29, 0.717) is 16.1 Å². The first-order chi connectivity index (χ1) is 10.1. The summed E-state index contributed by atoms with van der Waals surface area (Å²) >= 11 is 7.65. The standard InChI is InChI=1S/C15H17ClN2O2S/c1-9(13(8-19)21-2)18-15(20)11-5-6-12(16)10-4-3-7-17-14(10)11/h3-7,9,13,19H,8H2,1-2H3,(H,18,20). The molecule has 1 heterocycles. The molecule has 0 saturated heterocycles. The number of thioether (sulfide) groups is 1. The highest BCUT2D eigenvalue weighted by Gasteiger charge is 2.20. The molecular formula is C15H17ClN2O2S. The van der Waals surface area contributed by atoms with Crippen molar-refractivity contribution >= 4 is 40.2 Å². The third-order valence-electron chi connectivity index (χ3n) is 3.36. The van der Waals surface area contributed by atoms with Crippen molar-refractivity contribution in [3.05, 3.63) is 41.0 Å². The number of carbonyl (C=O) groups is 1. The molecule has 1 amide bonds. The van der Waals surface area contributed by atoms with E-state index >= 15 is 0 Å². The lowest BCUT2D eigenvalue weighted by molar-refractivity contribution is 0.0937. The van der Waals surface area contributed by atoms with Crippen LogP contribution in [0.25, 0.3) is 10.9 Å². The summed E-state index contributed by atoms with van der Waals surface area (Å²) < 4.78 is 0. The van der Waals surface area contributed by atoms with Crippen LogP contribution < -0.4 is 5.32 Å². The van der Waals surface area contributed by atoms with Gasteiger partial charge in [-0.2, -0.15) is 11.8 Å². The average Bonchev–Trinajstić information content (AvgIpc) is 2.49. The highest BCUT2D eigenvalue weighted by molar-refractivity contribution is 7.99. The zero-order valence-corrected chi connectivity index (χ0v) is 13.4. The van der Waals surface area contributed by atoms with E-state index in [1.807, 2.05) is 19.2 Å². The van der Waals surface area contributed by atoms with Crippen molar-refractivity contribution in [3.63, 3.8) is 0 Å². The zero-order chi connectivity index (χ0) is 15.4. The van der Waals surface area contributed by atoms with Gasteiger partial charge in [-0.3, -0.25) is 9.78 Å². The minimum atomic E-state index is -0.213. The van der Waals surface area contributed by atoms with Crippen LogP contribution in [-0.2, 0) is 0 Å². The van der Waals surface area contributed by atoms with Crippen molar-refractivity contribution in [2.75, 3.05) is 12.9 Å². The van der Waals surface area contributed by atoms with Gasteiger partial charge < -0.3 is 10.4 Å². The number of fused-ring (bicyclic) bond motifs is 1. The normalized spacial score (nSPS) is 13.9. The number of hydrogen-bond acceptors (Lipinski definition) is 4. The van der Waals surface area contributed by atoms with E-state index in [1.165, 1.54) is 11.8 Å². The number of aromatic nitrogens is 1. The number of nitrogens with one attached hydrogen (secondary N) is 1. The van der Waals surface area contributed by atoms with Gasteiger partial charge in [0.1, 0.15) is 0 Å². The summed E-state index contributed by atoms with van der Waals surface area (Å²) in [6.45, 7) is 1.89. The van der Waals surface area contributed by atoms with Gasteiger partial charge in [0.05, 0.1) is 22.7 Å². The summed E-state index contributed by atoms with van der Waals surface area (Å²) in [4.78, 5) is 16.7. The molecule has 6 heteroatoms. The summed E-state index contributed by atoms with van der Waals surface area (Å²) in [6.07, 6.45) is 3.54. The van der Waals surface area contributed by atoms with Crippen LogP contribution in [0, 0.1) is 0 Å². The SMILES string of the molecule is CSC(CO)C(C)NC(=O)c1ccc(Cl)c2cccnc12. The van der Waals surface area contributed by atoms with Crippen molar-refractivity contribution in [2.24, 2.45) is 0 Å². The van der Waals surface area contributed by atoms with E-state index in [4.69, 9.17) is 11.6 Å². The molecule has 2 rings (SSSR count). The monoisotopic (exact) mass is 324 g/mol. The van der Waals surface area contributed by atoms with Crippen LogP contribution in [0.3, 0.4) is 0 Å². The topological polar surface area (TPSA) is 62.2 Å². The predicted octanol–water partition coefficient (Wildman–Crippen LogP) is 2.73. The maximum Gasteiger partial charge on any atom is 0.253 e. The second-order valence-electron chi connectivity index (χ2n) is 4.71. The first-order valence-corrected chi connectivity index (χ1v) is 8.22. The minimum Gasteiger partial charge on any atom is -0.395 e. The number of rotatable bonds is 5. The smallest absolute Gasteiger partial charge is 0.253 e. The van der Waals surface area contributed by atoms with Crippen molar-refractivity contribution in [3.8, 4) is 0 Å². The molecule has 0 aliphatic heterocycles. The summed E-state index contributed by atoms with van der Waals surface area (Å²) in [5, 5.41) is 13.5. The van der Waals surface area contributed by atoms with Gasteiger partial charge in [-0.25, -0.2) is 0 Å². The highest BCUT2D eigenvalue weighted by atomic mass is 35.5. The molecule has 112 valence electrons. The third-order valence-corrected chi connectivity index (χ3v) is 4.85. The molecule has 2 unspecified atom stereocenters. The Bertz CT molecular complexity index is 647. The Morgan fingerprint density at radius 3 is 2.90 bits per heavy atom. The highest BCUT2D eigenvalue weighted by Crippen LogP contribution is 2.25. The minimum absolute atomic E-state index is 0.0161. The van der Waals surface area contributed by atoms with Gasteiger partial charge in [-0.15, -0.1) is 0 Å². The number of aliphatic hydroxyl groups is 1. The second-order valence-corrected chi connectivity index (χ2v) is 6.20. The lowest BCUT2D eigenvalue weighted by atomic mass is 10.1. The molecule has 2 N–H and O–H groups in total. The number of amides is 1. The largest absolute Gasteiger partial charge is 0.395 e. The fraction of sp³-hybridized carbons (Fsp3) is 0.333. The molecular weight excluding hydrogens is 308 g/mol. The molecule has 0 bridgehead atoms. The molecule has 1 aromatic carbocycles. The van der Waals surface area contributed by atoms with Crippen LogP contribution in [0.5, 0.6) is 0 Å². The zero-order valence-electron chi connectivity index (χ0n) is 11.8. The molecule has 0 spiro atoms. The maximum atomic E-state index is 12.4. The Kier molecular flexibility index (Phi) is 5.45. The second kappa shape index (κ2) is 7.11. The van der Waals surface area contributed by atoms with E-state index in [2.05, 4.69) is 10.3 Å². The van der Waals surface area contributed by atoms with Gasteiger partial charge in [0.15, 0.2) is 0 Å². The van der Waals surface area contributed by atoms with Crippen LogP contribution >= 0.6 is 23.4 Å². The molecule has 2 atom stereocenters. The lowest BCUT2D eigenvalue weighted by Gasteiger charge is -2.21. The average molecular weight is 325 g/mol. The molecule has 1 aromatic heterocycles. The van der Waals surface area contributed by atoms with Crippen molar-refractivity contribution in [2.45, 2.75) is 18.2 Å². The van der Waals surface area contributed by atoms with E-state index < -0.39 is 0 Å². The number of halogens is 1. The van der Waals surface area contributed by atoms with Gasteiger partial charge in [0.2, 0.25) is 0 Å². The number of hydrogen-bond donors (Lipinski definition) is 2. The van der Waals surface area contributed by atoms with Gasteiger partial charge in [0.25, 0.3) is 5.91 Å². The Balaban J connectivity index is 2.30. The molecule has 4 nitrogen and oxygen atoms in total. The molecule has 0 radical (unpaired) electrons. The van der Waals surface area contributed by atoms with Crippen molar-refractivity contribution < 1.29 is 9.90 Å². The molecule has 0 saturated carbocycles. The maximum absolute atomic E-state index is 12.4. The van der Waals surface area contributed by atoms with Crippen LogP contribution in [0.2, 0.25) is 5.02 Å². The first-order valence-electron chi connectivity index (χ1n) is 6.56. The van der Waals surface area contributed by atoms with Crippen molar-refractivity contribution in [1.82, 2.24) is 10.3 Å². The first kappa shape index (κ1) is 16.1. The molecule has 0 aliphatic rings. The number of aliphatic hydroxyl groups excluding tert-OH is 1. The van der Waals surface area contributed by atoms with Crippen LogP contribution in [0.1, 0.15) is 17.3 Å². The summed E-state index contributed by atoms with van der Waals surface area (Å²) in [5.41, 5.74) is 1.07. The fourth-order valence-electron chi connectivity index (χ4n) is 2.14. The molecule has 0 fully saturated rings. The fourth-order valence-corrected chi connectivity index (χ4v) is 2.98. The van der Waals surface area contributed by atoms with Crippen LogP contribution in [-0.4, -0.2) is 40.2 Å². The van der Waals surface area contributed by atoms with Gasteiger partial charge in [-0.1, -0.05) is 11.6 Å². The Hall–Kier alpha value is -1.30. The van der Waals surface area contributed by atoms with Crippen molar-refractivity contribution in [1.29, 1.82) is 0 Å². The Morgan fingerprint density at radius 1 is 1.48 bits per heavy atom. The van der Waals surface area contributed by atoms with Gasteiger partial charge in [0, 0.05) is 22.9 Å². The Labute approximate surface area is 132 Å². The van der Waals surface area contributed by atoms with Gasteiger partial charge >= 0.3 is 0 Å².